The molecule has 1 aliphatic rings. The molecule has 0 atom stereocenters. The zero-order chi connectivity index (χ0) is 9.10. The van der Waals surface area contributed by atoms with E-state index in [0.29, 0.717) is 0 Å². The number of ether oxygens (including phenoxy) is 1. The summed E-state index contributed by atoms with van der Waals surface area (Å²) in [6.45, 7) is 0.885. The summed E-state index contributed by atoms with van der Waals surface area (Å²) in [5, 5.41) is 8.61. The van der Waals surface area contributed by atoms with E-state index >= 15 is 0 Å². The Morgan fingerprint density at radius 3 is 3.23 bits per heavy atom. The van der Waals surface area contributed by atoms with E-state index in [1.807, 2.05) is 18.2 Å². The van der Waals surface area contributed by atoms with Gasteiger partial charge in [0.15, 0.2) is 0 Å². The molecule has 0 radical (unpaired) electrons. The number of hydrogen-bond acceptors (Lipinski definition) is 2. The fraction of sp³-hybridized carbons (Fsp3) is 0.273. The van der Waals surface area contributed by atoms with Crippen molar-refractivity contribution in [1.29, 1.82) is 0 Å². The van der Waals surface area contributed by atoms with Crippen LogP contribution in [0.4, 0.5) is 0 Å². The Kier molecular flexibility index (Phi) is 2.32. The predicted octanol–water partition coefficient (Wildman–Crippen LogP) is 1.63. The van der Waals surface area contributed by atoms with E-state index in [-0.39, 0.29) is 6.61 Å². The molecule has 1 heterocycles. The van der Waals surface area contributed by atoms with E-state index in [4.69, 9.17) is 9.84 Å². The average Bonchev–Trinajstić information content (AvgIpc) is 2.61. The van der Waals surface area contributed by atoms with Gasteiger partial charge in [-0.1, -0.05) is 18.2 Å². The number of benzene rings is 1. The standard InChI is InChI=1S/C11H12O2/c12-6-1-2-9-3-4-11-10(8-9)5-7-13-11/h1-4,8,12H,5-7H2. The molecule has 0 saturated carbocycles. The summed E-state index contributed by atoms with van der Waals surface area (Å²) in [6.07, 6.45) is 4.65. The van der Waals surface area contributed by atoms with Gasteiger partial charge in [0.2, 0.25) is 0 Å². The van der Waals surface area contributed by atoms with Gasteiger partial charge in [-0.3, -0.25) is 0 Å². The number of aliphatic hydroxyl groups excluding tert-OH is 1. The van der Waals surface area contributed by atoms with Crippen LogP contribution in [-0.2, 0) is 6.42 Å². The minimum Gasteiger partial charge on any atom is -0.493 e. The topological polar surface area (TPSA) is 29.5 Å². The van der Waals surface area contributed by atoms with Gasteiger partial charge in [0.05, 0.1) is 13.2 Å². The van der Waals surface area contributed by atoms with Gasteiger partial charge >= 0.3 is 0 Å². The van der Waals surface area contributed by atoms with E-state index in [0.717, 1.165) is 24.3 Å². The molecular weight excluding hydrogens is 164 g/mol. The SMILES string of the molecule is OCC=Cc1ccc2c(c1)CCO2. The Balaban J connectivity index is 2.25. The van der Waals surface area contributed by atoms with Crippen molar-refractivity contribution >= 4 is 6.08 Å². The first-order valence-electron chi connectivity index (χ1n) is 4.43. The van der Waals surface area contributed by atoms with E-state index in [1.54, 1.807) is 6.08 Å². The van der Waals surface area contributed by atoms with Crippen LogP contribution >= 0.6 is 0 Å². The lowest BCUT2D eigenvalue weighted by molar-refractivity contribution is 0.343. The summed E-state index contributed by atoms with van der Waals surface area (Å²) < 4.78 is 5.38. The Morgan fingerprint density at radius 2 is 2.38 bits per heavy atom. The maximum atomic E-state index is 8.61. The van der Waals surface area contributed by atoms with E-state index < -0.39 is 0 Å². The first-order chi connectivity index (χ1) is 6.40. The highest BCUT2D eigenvalue weighted by Gasteiger charge is 2.10. The molecule has 68 valence electrons. The third-order valence-corrected chi connectivity index (χ3v) is 2.13. The van der Waals surface area contributed by atoms with Crippen LogP contribution in [0.25, 0.3) is 6.08 Å². The van der Waals surface area contributed by atoms with Crippen LogP contribution in [0.5, 0.6) is 5.75 Å². The van der Waals surface area contributed by atoms with Crippen molar-refractivity contribution in [3.05, 3.63) is 35.4 Å². The van der Waals surface area contributed by atoms with Crippen LogP contribution in [0.1, 0.15) is 11.1 Å². The second-order valence-electron chi connectivity index (χ2n) is 3.05. The average molecular weight is 176 g/mol. The quantitative estimate of drug-likeness (QED) is 0.742. The summed E-state index contributed by atoms with van der Waals surface area (Å²) in [5.41, 5.74) is 2.39. The molecule has 2 nitrogen and oxygen atoms in total. The fourth-order valence-electron chi connectivity index (χ4n) is 1.50. The Hall–Kier alpha value is -1.28. The Morgan fingerprint density at radius 1 is 1.46 bits per heavy atom. The first kappa shape index (κ1) is 8.32. The second-order valence-corrected chi connectivity index (χ2v) is 3.05. The zero-order valence-electron chi connectivity index (χ0n) is 7.36. The zero-order valence-corrected chi connectivity index (χ0v) is 7.36. The molecule has 1 aromatic carbocycles. The van der Waals surface area contributed by atoms with E-state index in [9.17, 15) is 0 Å². The van der Waals surface area contributed by atoms with Gasteiger partial charge < -0.3 is 9.84 Å². The molecule has 0 saturated heterocycles. The smallest absolute Gasteiger partial charge is 0.122 e. The van der Waals surface area contributed by atoms with Crippen molar-refractivity contribution in [3.63, 3.8) is 0 Å². The summed E-state index contributed by atoms with van der Waals surface area (Å²) in [4.78, 5) is 0. The minimum atomic E-state index is 0.0909. The molecule has 0 amide bonds. The molecule has 1 aliphatic heterocycles. The number of fused-ring (bicyclic) bond motifs is 1. The summed E-state index contributed by atoms with van der Waals surface area (Å²) >= 11 is 0. The highest BCUT2D eigenvalue weighted by molar-refractivity contribution is 5.54. The lowest BCUT2D eigenvalue weighted by Crippen LogP contribution is -1.85. The van der Waals surface area contributed by atoms with Crippen LogP contribution in [0.15, 0.2) is 24.3 Å². The molecule has 0 bridgehead atoms. The van der Waals surface area contributed by atoms with Gasteiger partial charge in [-0.2, -0.15) is 0 Å². The van der Waals surface area contributed by atoms with Crippen LogP contribution in [0, 0.1) is 0 Å². The maximum absolute atomic E-state index is 8.61. The molecule has 0 unspecified atom stereocenters. The van der Waals surface area contributed by atoms with Crippen molar-refractivity contribution in [3.8, 4) is 5.75 Å². The van der Waals surface area contributed by atoms with Crippen molar-refractivity contribution in [2.45, 2.75) is 6.42 Å². The molecule has 1 aromatic rings. The monoisotopic (exact) mass is 176 g/mol. The second kappa shape index (κ2) is 3.62. The Bertz CT molecular complexity index is 329. The number of rotatable bonds is 2. The summed E-state index contributed by atoms with van der Waals surface area (Å²) in [5.74, 6) is 1.00. The van der Waals surface area contributed by atoms with Crippen LogP contribution in [0.3, 0.4) is 0 Å². The number of aliphatic hydroxyl groups is 1. The van der Waals surface area contributed by atoms with Crippen molar-refractivity contribution < 1.29 is 9.84 Å². The normalized spacial score (nSPS) is 14.5. The lowest BCUT2D eigenvalue weighted by atomic mass is 10.1. The van der Waals surface area contributed by atoms with E-state index in [1.165, 1.54) is 5.56 Å². The molecule has 2 rings (SSSR count). The van der Waals surface area contributed by atoms with E-state index in [2.05, 4.69) is 6.07 Å². The van der Waals surface area contributed by atoms with Crippen molar-refractivity contribution in [2.24, 2.45) is 0 Å². The lowest BCUT2D eigenvalue weighted by Gasteiger charge is -1.99. The van der Waals surface area contributed by atoms with Crippen LogP contribution in [-0.4, -0.2) is 18.3 Å². The molecule has 0 fully saturated rings. The largest absolute Gasteiger partial charge is 0.493 e. The summed E-state index contributed by atoms with van der Waals surface area (Å²) in [6, 6.07) is 6.09. The van der Waals surface area contributed by atoms with Gasteiger partial charge in [0.1, 0.15) is 5.75 Å². The van der Waals surface area contributed by atoms with Crippen molar-refractivity contribution in [2.75, 3.05) is 13.2 Å². The fourth-order valence-corrected chi connectivity index (χ4v) is 1.50. The number of hydrogen-bond donors (Lipinski definition) is 1. The first-order valence-corrected chi connectivity index (χ1v) is 4.43. The third-order valence-electron chi connectivity index (χ3n) is 2.13. The van der Waals surface area contributed by atoms with Gasteiger partial charge in [0.25, 0.3) is 0 Å². The van der Waals surface area contributed by atoms with Gasteiger partial charge in [-0.05, 0) is 23.3 Å². The highest BCUT2D eigenvalue weighted by Crippen LogP contribution is 2.26. The van der Waals surface area contributed by atoms with Gasteiger partial charge in [-0.25, -0.2) is 0 Å². The predicted molar refractivity (Wildman–Crippen MR) is 51.8 cm³/mol. The molecule has 1 N–H and O–H groups in total. The highest BCUT2D eigenvalue weighted by atomic mass is 16.5. The maximum Gasteiger partial charge on any atom is 0.122 e. The van der Waals surface area contributed by atoms with Gasteiger partial charge in [-0.15, -0.1) is 0 Å². The molecule has 13 heavy (non-hydrogen) atoms. The van der Waals surface area contributed by atoms with Crippen LogP contribution in [0.2, 0.25) is 0 Å². The molecule has 2 heteroatoms. The molecule has 0 aliphatic carbocycles. The molecule has 0 aromatic heterocycles. The van der Waals surface area contributed by atoms with Crippen molar-refractivity contribution in [1.82, 2.24) is 0 Å². The van der Waals surface area contributed by atoms with Crippen LogP contribution < -0.4 is 4.74 Å². The minimum absolute atomic E-state index is 0.0909. The Labute approximate surface area is 77.5 Å². The summed E-state index contributed by atoms with van der Waals surface area (Å²) in [7, 11) is 0. The molecular formula is C11H12O2. The third kappa shape index (κ3) is 1.73. The van der Waals surface area contributed by atoms with Gasteiger partial charge in [0, 0.05) is 6.42 Å². The molecule has 0 spiro atoms.